The smallest absolute Gasteiger partial charge is 0.257 e. The minimum atomic E-state index is -0.206. The Morgan fingerprint density at radius 1 is 0.947 bits per heavy atom. The fourth-order valence-electron chi connectivity index (χ4n) is 4.40. The number of carbonyl (C=O) groups excluding carboxylic acids is 1. The van der Waals surface area contributed by atoms with Crippen molar-refractivity contribution in [1.29, 1.82) is 0 Å². The van der Waals surface area contributed by atoms with Crippen molar-refractivity contribution >= 4 is 45.3 Å². The molecule has 1 amide bonds. The Labute approximate surface area is 224 Å². The third-order valence-corrected chi connectivity index (χ3v) is 6.99. The lowest BCUT2D eigenvalue weighted by molar-refractivity contribution is 0.102. The molecular weight excluding hydrogens is 492 g/mol. The van der Waals surface area contributed by atoms with Crippen molar-refractivity contribution < 1.29 is 4.79 Å². The number of rotatable bonds is 7. The van der Waals surface area contributed by atoms with Crippen LogP contribution < -0.4 is 10.6 Å². The van der Waals surface area contributed by atoms with Gasteiger partial charge in [0.2, 0.25) is 0 Å². The van der Waals surface area contributed by atoms with Crippen LogP contribution in [-0.2, 0) is 0 Å². The number of aliphatic imine (C=N–C) groups is 1. The van der Waals surface area contributed by atoms with Crippen molar-refractivity contribution in [3.63, 3.8) is 0 Å². The molecule has 0 aliphatic carbocycles. The first kappa shape index (κ1) is 23.7. The zero-order valence-electron chi connectivity index (χ0n) is 20.4. The summed E-state index contributed by atoms with van der Waals surface area (Å²) in [6, 6.07) is 23.9. The van der Waals surface area contributed by atoms with Gasteiger partial charge < -0.3 is 5.32 Å². The van der Waals surface area contributed by atoms with E-state index in [1.165, 1.54) is 11.3 Å². The second kappa shape index (κ2) is 10.7. The van der Waals surface area contributed by atoms with Gasteiger partial charge in [0.1, 0.15) is 5.82 Å². The molecule has 2 N–H and O–H groups in total. The summed E-state index contributed by atoms with van der Waals surface area (Å²) in [6.45, 7) is 0.658. The maximum atomic E-state index is 12.6. The van der Waals surface area contributed by atoms with Crippen LogP contribution in [0.1, 0.15) is 16.8 Å². The molecule has 3 heterocycles. The van der Waals surface area contributed by atoms with Gasteiger partial charge in [0.25, 0.3) is 5.91 Å². The summed E-state index contributed by atoms with van der Waals surface area (Å²) in [6.07, 6.45) is 8.50. The first-order valence-corrected chi connectivity index (χ1v) is 13.2. The van der Waals surface area contributed by atoms with Gasteiger partial charge in [-0.25, -0.2) is 15.0 Å². The molecule has 0 saturated heterocycles. The highest BCUT2D eigenvalue weighted by Crippen LogP contribution is 2.34. The minimum Gasteiger partial charge on any atom is -0.367 e. The van der Waals surface area contributed by atoms with Crippen LogP contribution in [0.3, 0.4) is 0 Å². The van der Waals surface area contributed by atoms with Gasteiger partial charge in [-0.3, -0.25) is 15.1 Å². The van der Waals surface area contributed by atoms with Crippen LogP contribution in [0.25, 0.3) is 33.4 Å². The molecular formula is C30H24N6OS. The van der Waals surface area contributed by atoms with E-state index in [0.29, 0.717) is 23.1 Å². The van der Waals surface area contributed by atoms with E-state index in [1.54, 1.807) is 18.3 Å². The van der Waals surface area contributed by atoms with Crippen molar-refractivity contribution in [2.45, 2.75) is 12.5 Å². The van der Waals surface area contributed by atoms with Crippen molar-refractivity contribution in [3.8, 4) is 22.5 Å². The lowest BCUT2D eigenvalue weighted by Gasteiger charge is -2.17. The van der Waals surface area contributed by atoms with Crippen LogP contribution in [-0.4, -0.2) is 39.7 Å². The van der Waals surface area contributed by atoms with Crippen molar-refractivity contribution in [2.24, 2.45) is 4.99 Å². The van der Waals surface area contributed by atoms with E-state index in [4.69, 9.17) is 9.97 Å². The summed E-state index contributed by atoms with van der Waals surface area (Å²) in [5.74, 6) is 1.15. The highest BCUT2D eigenvalue weighted by Gasteiger charge is 2.16. The molecule has 38 heavy (non-hydrogen) atoms. The summed E-state index contributed by atoms with van der Waals surface area (Å²) >= 11 is 1.38. The van der Waals surface area contributed by atoms with Crippen LogP contribution in [0.5, 0.6) is 0 Å². The highest BCUT2D eigenvalue weighted by atomic mass is 32.1. The van der Waals surface area contributed by atoms with Crippen LogP contribution >= 0.6 is 11.3 Å². The van der Waals surface area contributed by atoms with Gasteiger partial charge in [0, 0.05) is 35.5 Å². The molecule has 3 aromatic carbocycles. The zero-order valence-corrected chi connectivity index (χ0v) is 21.2. The van der Waals surface area contributed by atoms with Gasteiger partial charge in [0.15, 0.2) is 11.0 Å². The number of thiazole rings is 1. The number of anilines is 2. The Hall–Kier alpha value is -4.69. The summed E-state index contributed by atoms with van der Waals surface area (Å²) in [4.78, 5) is 31.2. The average molecular weight is 517 g/mol. The van der Waals surface area contributed by atoms with Crippen molar-refractivity contribution in [3.05, 3.63) is 102 Å². The predicted molar refractivity (Wildman–Crippen MR) is 155 cm³/mol. The molecule has 1 atom stereocenters. The van der Waals surface area contributed by atoms with E-state index in [0.717, 1.165) is 39.8 Å². The van der Waals surface area contributed by atoms with E-state index in [1.807, 2.05) is 60.1 Å². The van der Waals surface area contributed by atoms with Gasteiger partial charge >= 0.3 is 0 Å². The molecule has 0 saturated carbocycles. The van der Waals surface area contributed by atoms with Crippen LogP contribution in [0.2, 0.25) is 0 Å². The first-order chi connectivity index (χ1) is 18.7. The molecule has 1 aliphatic heterocycles. The van der Waals surface area contributed by atoms with Crippen molar-refractivity contribution in [1.82, 2.24) is 15.0 Å². The Morgan fingerprint density at radius 3 is 2.58 bits per heavy atom. The number of nitrogens with one attached hydrogen (secondary N) is 2. The molecule has 0 radical (unpaired) electrons. The van der Waals surface area contributed by atoms with Crippen LogP contribution in [0.15, 0.2) is 102 Å². The third-order valence-electron chi connectivity index (χ3n) is 6.30. The molecule has 7 nitrogen and oxygen atoms in total. The van der Waals surface area contributed by atoms with Crippen molar-refractivity contribution in [2.75, 3.05) is 17.2 Å². The maximum absolute atomic E-state index is 12.6. The number of fused-ring (bicyclic) bond motifs is 1. The number of nitrogens with zero attached hydrogens (tertiary/aromatic N) is 4. The quantitative estimate of drug-likeness (QED) is 0.258. The molecule has 6 rings (SSSR count). The predicted octanol–water partition coefficient (Wildman–Crippen LogP) is 6.48. The second-order valence-electron chi connectivity index (χ2n) is 8.83. The topological polar surface area (TPSA) is 92.2 Å². The third kappa shape index (κ3) is 5.07. The summed E-state index contributed by atoms with van der Waals surface area (Å²) in [7, 11) is 0. The molecule has 1 aliphatic rings. The van der Waals surface area contributed by atoms with Gasteiger partial charge in [-0.15, -0.1) is 11.3 Å². The number of aromatic nitrogens is 3. The molecule has 2 aromatic heterocycles. The summed E-state index contributed by atoms with van der Waals surface area (Å²) < 4.78 is 0. The van der Waals surface area contributed by atoms with Gasteiger partial charge in [-0.2, -0.15) is 0 Å². The summed E-state index contributed by atoms with van der Waals surface area (Å²) in [5.41, 5.74) is 4.38. The van der Waals surface area contributed by atoms with E-state index >= 15 is 0 Å². The van der Waals surface area contributed by atoms with E-state index in [-0.39, 0.29) is 11.9 Å². The molecule has 0 fully saturated rings. The molecule has 8 heteroatoms. The fourth-order valence-corrected chi connectivity index (χ4v) is 4.93. The van der Waals surface area contributed by atoms with Gasteiger partial charge in [0.05, 0.1) is 16.9 Å². The second-order valence-corrected chi connectivity index (χ2v) is 9.72. The van der Waals surface area contributed by atoms with E-state index in [2.05, 4.69) is 44.9 Å². The number of hydrogen-bond acceptors (Lipinski definition) is 7. The number of carbonyl (C=O) groups is 1. The molecule has 5 aromatic rings. The Balaban J connectivity index is 1.37. The largest absolute Gasteiger partial charge is 0.367 e. The standard InChI is InChI=1S/C30H24N6OS/c37-29(36-30-32-17-18-38-30)22-14-12-21(13-15-22)27-34-25-11-6-10-24(20-7-2-1-3-8-20)26(25)28(35-27)33-19-23-9-4-5-16-31-23/h1-8,10-18,23H,9,19H2,(H,32,36,37)(H,33,34,35). The Kier molecular flexibility index (Phi) is 6.70. The van der Waals surface area contributed by atoms with Gasteiger partial charge in [-0.1, -0.05) is 60.7 Å². The number of dihydropyridines is 1. The normalized spacial score (nSPS) is 14.5. The SMILES string of the molecule is O=C(Nc1nccs1)c1ccc(-c2nc(NCC3CC=CC=N3)c3c(-c4ccccc4)cccc3n2)cc1. The average Bonchev–Trinajstić information content (AvgIpc) is 3.49. The Bertz CT molecular complexity index is 1630. The zero-order chi connectivity index (χ0) is 25.7. The lowest BCUT2D eigenvalue weighted by Crippen LogP contribution is -2.19. The molecule has 0 spiro atoms. The number of benzene rings is 3. The number of hydrogen-bond donors (Lipinski definition) is 2. The number of allylic oxidation sites excluding steroid dienone is 1. The molecule has 0 bridgehead atoms. The maximum Gasteiger partial charge on any atom is 0.257 e. The summed E-state index contributed by atoms with van der Waals surface area (Å²) in [5, 5.41) is 9.73. The first-order valence-electron chi connectivity index (χ1n) is 12.3. The van der Waals surface area contributed by atoms with Crippen LogP contribution in [0.4, 0.5) is 10.9 Å². The molecule has 1 unspecified atom stereocenters. The van der Waals surface area contributed by atoms with Crippen LogP contribution in [0, 0.1) is 0 Å². The molecule has 186 valence electrons. The Morgan fingerprint density at radius 2 is 1.82 bits per heavy atom. The highest BCUT2D eigenvalue weighted by molar-refractivity contribution is 7.13. The minimum absolute atomic E-state index is 0.146. The fraction of sp³-hybridized carbons (Fsp3) is 0.100. The van der Waals surface area contributed by atoms with E-state index < -0.39 is 0 Å². The van der Waals surface area contributed by atoms with Gasteiger partial charge in [-0.05, 0) is 41.8 Å². The van der Waals surface area contributed by atoms with E-state index in [9.17, 15) is 4.79 Å². The lowest BCUT2D eigenvalue weighted by atomic mass is 10.0. The number of amides is 1. The monoisotopic (exact) mass is 516 g/mol.